The van der Waals surface area contributed by atoms with Crippen molar-refractivity contribution in [1.82, 2.24) is 5.32 Å². The molecule has 1 amide bonds. The zero-order chi connectivity index (χ0) is 17.4. The quantitative estimate of drug-likeness (QED) is 0.755. The van der Waals surface area contributed by atoms with Gasteiger partial charge in [0.25, 0.3) is 5.91 Å². The number of amides is 1. The number of benzene rings is 2. The van der Waals surface area contributed by atoms with Crippen molar-refractivity contribution in [2.75, 3.05) is 13.2 Å². The maximum Gasteiger partial charge on any atom is 0.260 e. The van der Waals surface area contributed by atoms with Gasteiger partial charge in [-0.05, 0) is 49.6 Å². The van der Waals surface area contributed by atoms with Gasteiger partial charge in [0.1, 0.15) is 18.1 Å². The molecule has 0 bridgehead atoms. The first-order valence-electron chi connectivity index (χ1n) is 8.32. The predicted molar refractivity (Wildman–Crippen MR) is 95.6 cm³/mol. The van der Waals surface area contributed by atoms with Crippen LogP contribution in [0.1, 0.15) is 25.0 Å². The van der Waals surface area contributed by atoms with E-state index in [0.717, 1.165) is 23.5 Å². The normalized spacial score (nSPS) is 11.6. The van der Waals surface area contributed by atoms with Crippen molar-refractivity contribution >= 4 is 5.91 Å². The van der Waals surface area contributed by atoms with Crippen molar-refractivity contribution in [3.05, 3.63) is 59.7 Å². The average Bonchev–Trinajstić information content (AvgIpc) is 2.61. The van der Waals surface area contributed by atoms with Crippen LogP contribution in [-0.2, 0) is 11.2 Å². The molecule has 4 nitrogen and oxygen atoms in total. The fourth-order valence-electron chi connectivity index (χ4n) is 2.24. The van der Waals surface area contributed by atoms with Crippen LogP contribution in [0.15, 0.2) is 48.5 Å². The summed E-state index contributed by atoms with van der Waals surface area (Å²) < 4.78 is 11.3. The van der Waals surface area contributed by atoms with Crippen LogP contribution in [0.25, 0.3) is 0 Å². The van der Waals surface area contributed by atoms with E-state index in [-0.39, 0.29) is 5.91 Å². The first-order chi connectivity index (χ1) is 11.6. The molecule has 0 saturated heterocycles. The van der Waals surface area contributed by atoms with Crippen LogP contribution in [0.3, 0.4) is 0 Å². The van der Waals surface area contributed by atoms with Gasteiger partial charge in [0.05, 0.1) is 6.54 Å². The van der Waals surface area contributed by atoms with E-state index in [4.69, 9.17) is 9.47 Å². The Bertz CT molecular complexity index is 652. The van der Waals surface area contributed by atoms with Gasteiger partial charge in [-0.2, -0.15) is 0 Å². The predicted octanol–water partition coefficient (Wildman–Crippen LogP) is 3.52. The molecule has 0 saturated carbocycles. The van der Waals surface area contributed by atoms with Crippen molar-refractivity contribution in [3.8, 4) is 11.5 Å². The first kappa shape index (κ1) is 17.9. The molecule has 0 radical (unpaired) electrons. The van der Waals surface area contributed by atoms with Crippen LogP contribution in [0.4, 0.5) is 0 Å². The third kappa shape index (κ3) is 5.30. The average molecular weight is 327 g/mol. The number of hydrogen-bond donors (Lipinski definition) is 1. The lowest BCUT2D eigenvalue weighted by atomic mass is 10.2. The highest BCUT2D eigenvalue weighted by Gasteiger charge is 2.14. The summed E-state index contributed by atoms with van der Waals surface area (Å²) in [6, 6.07) is 15.6. The zero-order valence-corrected chi connectivity index (χ0v) is 14.5. The second-order valence-corrected chi connectivity index (χ2v) is 5.66. The van der Waals surface area contributed by atoms with Gasteiger partial charge in [0.15, 0.2) is 6.10 Å². The molecular weight excluding hydrogens is 302 g/mol. The Hall–Kier alpha value is -2.49. The molecule has 2 aromatic carbocycles. The summed E-state index contributed by atoms with van der Waals surface area (Å²) >= 11 is 0. The number of carbonyl (C=O) groups excluding carboxylic acids is 1. The summed E-state index contributed by atoms with van der Waals surface area (Å²) in [5.74, 6) is 1.39. The van der Waals surface area contributed by atoms with E-state index in [1.165, 1.54) is 5.56 Å². The molecule has 2 aromatic rings. The summed E-state index contributed by atoms with van der Waals surface area (Å²) in [5.41, 5.74) is 2.29. The number of carbonyl (C=O) groups is 1. The van der Waals surface area contributed by atoms with Crippen molar-refractivity contribution in [2.24, 2.45) is 0 Å². The Morgan fingerprint density at radius 1 is 1.12 bits per heavy atom. The number of aryl methyl sites for hydroxylation is 2. The molecule has 2 rings (SSSR count). The molecular formula is C20H25NO3. The van der Waals surface area contributed by atoms with Crippen LogP contribution in [-0.4, -0.2) is 25.2 Å². The van der Waals surface area contributed by atoms with E-state index < -0.39 is 6.10 Å². The van der Waals surface area contributed by atoms with Gasteiger partial charge < -0.3 is 14.8 Å². The lowest BCUT2D eigenvalue weighted by Gasteiger charge is -2.16. The van der Waals surface area contributed by atoms with Crippen LogP contribution in [0.5, 0.6) is 11.5 Å². The largest absolute Gasteiger partial charge is 0.492 e. The van der Waals surface area contributed by atoms with Crippen LogP contribution in [0, 0.1) is 6.92 Å². The maximum absolute atomic E-state index is 12.1. The zero-order valence-electron chi connectivity index (χ0n) is 14.5. The van der Waals surface area contributed by atoms with Crippen molar-refractivity contribution in [2.45, 2.75) is 33.3 Å². The van der Waals surface area contributed by atoms with Gasteiger partial charge in [-0.3, -0.25) is 4.79 Å². The third-order valence-corrected chi connectivity index (χ3v) is 3.77. The molecule has 1 atom stereocenters. The number of hydrogen-bond acceptors (Lipinski definition) is 3. The summed E-state index contributed by atoms with van der Waals surface area (Å²) in [4.78, 5) is 12.1. The second kappa shape index (κ2) is 8.96. The van der Waals surface area contributed by atoms with E-state index in [0.29, 0.717) is 13.2 Å². The second-order valence-electron chi connectivity index (χ2n) is 5.66. The summed E-state index contributed by atoms with van der Waals surface area (Å²) in [6.07, 6.45) is 0.463. The first-order valence-corrected chi connectivity index (χ1v) is 8.32. The van der Waals surface area contributed by atoms with Gasteiger partial charge in [-0.25, -0.2) is 0 Å². The maximum atomic E-state index is 12.1. The summed E-state index contributed by atoms with van der Waals surface area (Å²) in [7, 11) is 0. The number of rotatable bonds is 8. The Kier molecular flexibility index (Phi) is 6.67. The monoisotopic (exact) mass is 327 g/mol. The van der Waals surface area contributed by atoms with Gasteiger partial charge >= 0.3 is 0 Å². The lowest BCUT2D eigenvalue weighted by molar-refractivity contribution is -0.127. The highest BCUT2D eigenvalue weighted by Crippen LogP contribution is 2.17. The van der Waals surface area contributed by atoms with Crippen molar-refractivity contribution in [1.29, 1.82) is 0 Å². The minimum Gasteiger partial charge on any atom is -0.492 e. The molecule has 0 spiro atoms. The fraction of sp³-hybridized carbons (Fsp3) is 0.350. The van der Waals surface area contributed by atoms with Crippen molar-refractivity contribution < 1.29 is 14.3 Å². The Labute approximate surface area is 143 Å². The van der Waals surface area contributed by atoms with E-state index >= 15 is 0 Å². The molecule has 0 fully saturated rings. The van der Waals surface area contributed by atoms with Gasteiger partial charge in [-0.15, -0.1) is 0 Å². The molecule has 1 unspecified atom stereocenters. The molecule has 1 N–H and O–H groups in total. The molecule has 0 aliphatic rings. The Balaban J connectivity index is 1.71. The van der Waals surface area contributed by atoms with Crippen LogP contribution >= 0.6 is 0 Å². The van der Waals surface area contributed by atoms with E-state index in [1.54, 1.807) is 6.92 Å². The van der Waals surface area contributed by atoms with E-state index in [2.05, 4.69) is 12.2 Å². The summed E-state index contributed by atoms with van der Waals surface area (Å²) in [6.45, 7) is 6.68. The summed E-state index contributed by atoms with van der Waals surface area (Å²) in [5, 5.41) is 2.83. The van der Waals surface area contributed by atoms with Gasteiger partial charge in [0, 0.05) is 0 Å². The standard InChI is InChI=1S/C20H25NO3/c1-4-17-9-11-18(12-10-17)23-14-13-21-20(22)16(3)24-19-8-6-5-7-15(19)2/h5-12,16H,4,13-14H2,1-3H3,(H,21,22). The Morgan fingerprint density at radius 3 is 2.50 bits per heavy atom. The SMILES string of the molecule is CCc1ccc(OCCNC(=O)C(C)Oc2ccccc2C)cc1. The molecule has 24 heavy (non-hydrogen) atoms. The van der Waals surface area contributed by atoms with E-state index in [9.17, 15) is 4.79 Å². The molecule has 0 aliphatic heterocycles. The van der Waals surface area contributed by atoms with Gasteiger partial charge in [-0.1, -0.05) is 37.3 Å². The fourth-order valence-corrected chi connectivity index (χ4v) is 2.24. The number of nitrogens with one attached hydrogen (secondary N) is 1. The lowest BCUT2D eigenvalue weighted by Crippen LogP contribution is -2.38. The molecule has 0 heterocycles. The topological polar surface area (TPSA) is 47.6 Å². The van der Waals surface area contributed by atoms with Crippen molar-refractivity contribution in [3.63, 3.8) is 0 Å². The Morgan fingerprint density at radius 2 is 1.83 bits per heavy atom. The third-order valence-electron chi connectivity index (χ3n) is 3.77. The van der Waals surface area contributed by atoms with Crippen LogP contribution < -0.4 is 14.8 Å². The molecule has 0 aromatic heterocycles. The van der Waals surface area contributed by atoms with Crippen LogP contribution in [0.2, 0.25) is 0 Å². The smallest absolute Gasteiger partial charge is 0.260 e. The highest BCUT2D eigenvalue weighted by atomic mass is 16.5. The molecule has 4 heteroatoms. The minimum atomic E-state index is -0.546. The number of ether oxygens (including phenoxy) is 2. The number of para-hydroxylation sites is 1. The molecule has 0 aliphatic carbocycles. The highest BCUT2D eigenvalue weighted by molar-refractivity contribution is 5.80. The molecule has 128 valence electrons. The minimum absolute atomic E-state index is 0.150. The van der Waals surface area contributed by atoms with Gasteiger partial charge in [0.2, 0.25) is 0 Å². The van der Waals surface area contributed by atoms with E-state index in [1.807, 2.05) is 55.5 Å².